The summed E-state index contributed by atoms with van der Waals surface area (Å²) in [6.45, 7) is 6.73. The summed E-state index contributed by atoms with van der Waals surface area (Å²) in [5, 5.41) is -0.236. The van der Waals surface area contributed by atoms with Gasteiger partial charge in [0.25, 0.3) is 11.1 Å². The standard InChI is InChI=1S/C31H31NO4S/c1-4-9-26-18-25(19-27(35-3)29(26)36-21-24-15-13-22(2)14-16-24)20-28-30(33)32(31(34)37-28)17-8-12-23-10-6-5-7-11-23/h4-7,10-11,13-16,18-20H,1,8-9,12,17,21H2,2-3H3/b28-20+. The van der Waals surface area contributed by atoms with Gasteiger partial charge in [-0.15, -0.1) is 6.58 Å². The summed E-state index contributed by atoms with van der Waals surface area (Å²) in [4.78, 5) is 27.3. The minimum absolute atomic E-state index is 0.236. The molecule has 1 saturated heterocycles. The molecule has 190 valence electrons. The molecule has 5 nitrogen and oxygen atoms in total. The number of rotatable bonds is 11. The normalized spacial score (nSPS) is 14.3. The number of amides is 2. The van der Waals surface area contributed by atoms with E-state index in [0.29, 0.717) is 36.0 Å². The zero-order chi connectivity index (χ0) is 26.2. The Hall–Kier alpha value is -3.77. The molecule has 4 rings (SSSR count). The van der Waals surface area contributed by atoms with Crippen molar-refractivity contribution in [2.75, 3.05) is 13.7 Å². The molecule has 1 heterocycles. The molecule has 1 aliphatic heterocycles. The largest absolute Gasteiger partial charge is 0.493 e. The lowest BCUT2D eigenvalue weighted by atomic mass is 10.0. The van der Waals surface area contributed by atoms with Crippen molar-refractivity contribution in [2.45, 2.75) is 32.8 Å². The number of nitrogens with zero attached hydrogens (tertiary/aromatic N) is 1. The van der Waals surface area contributed by atoms with Crippen molar-refractivity contribution in [3.63, 3.8) is 0 Å². The summed E-state index contributed by atoms with van der Waals surface area (Å²) in [6.07, 6.45) is 5.66. The highest BCUT2D eigenvalue weighted by Gasteiger charge is 2.34. The van der Waals surface area contributed by atoms with E-state index in [-0.39, 0.29) is 11.1 Å². The second-order valence-electron chi connectivity index (χ2n) is 8.90. The van der Waals surface area contributed by atoms with E-state index in [0.717, 1.165) is 41.3 Å². The highest BCUT2D eigenvalue weighted by atomic mass is 32.2. The molecule has 0 radical (unpaired) electrons. The van der Waals surface area contributed by atoms with Gasteiger partial charge in [-0.3, -0.25) is 14.5 Å². The summed E-state index contributed by atoms with van der Waals surface area (Å²) < 4.78 is 11.8. The lowest BCUT2D eigenvalue weighted by Crippen LogP contribution is -2.29. The third kappa shape index (κ3) is 6.71. The smallest absolute Gasteiger partial charge is 0.293 e. The van der Waals surface area contributed by atoms with Gasteiger partial charge in [-0.2, -0.15) is 0 Å². The van der Waals surface area contributed by atoms with Crippen molar-refractivity contribution in [1.29, 1.82) is 0 Å². The average molecular weight is 514 g/mol. The number of carbonyl (C=O) groups excluding carboxylic acids is 2. The first-order valence-electron chi connectivity index (χ1n) is 12.3. The number of hydrogen-bond donors (Lipinski definition) is 0. The van der Waals surface area contributed by atoms with E-state index in [2.05, 4.69) is 30.8 Å². The molecule has 2 amide bonds. The molecule has 6 heteroatoms. The molecule has 0 bridgehead atoms. The lowest BCUT2D eigenvalue weighted by molar-refractivity contribution is -0.122. The maximum Gasteiger partial charge on any atom is 0.293 e. The van der Waals surface area contributed by atoms with Crippen LogP contribution >= 0.6 is 11.8 Å². The van der Waals surface area contributed by atoms with Crippen LogP contribution in [0.5, 0.6) is 11.5 Å². The molecule has 0 saturated carbocycles. The number of methoxy groups -OCH3 is 1. The molecule has 0 aromatic heterocycles. The number of imide groups is 1. The van der Waals surface area contributed by atoms with Crippen LogP contribution < -0.4 is 9.47 Å². The Labute approximate surface area is 222 Å². The van der Waals surface area contributed by atoms with E-state index >= 15 is 0 Å². The second kappa shape index (κ2) is 12.5. The highest BCUT2D eigenvalue weighted by Crippen LogP contribution is 2.37. The molecule has 1 fully saturated rings. The van der Waals surface area contributed by atoms with E-state index in [1.165, 1.54) is 16.0 Å². The fraction of sp³-hybridized carbons (Fsp3) is 0.226. The number of ether oxygens (including phenoxy) is 2. The highest BCUT2D eigenvalue weighted by molar-refractivity contribution is 8.18. The SMILES string of the molecule is C=CCc1cc(/C=C2/SC(=O)N(CCCc3ccccc3)C2=O)cc(OC)c1OCc1ccc(C)cc1. The van der Waals surface area contributed by atoms with Crippen molar-refractivity contribution >= 4 is 29.0 Å². The van der Waals surface area contributed by atoms with Gasteiger partial charge in [0.15, 0.2) is 11.5 Å². The molecule has 1 aliphatic rings. The molecular weight excluding hydrogens is 482 g/mol. The molecule has 37 heavy (non-hydrogen) atoms. The molecule has 0 unspecified atom stereocenters. The molecule has 0 aliphatic carbocycles. The van der Waals surface area contributed by atoms with Gasteiger partial charge < -0.3 is 9.47 Å². The molecule has 0 spiro atoms. The number of benzene rings is 3. The average Bonchev–Trinajstić information content (AvgIpc) is 3.17. The molecule has 0 atom stereocenters. The van der Waals surface area contributed by atoms with Gasteiger partial charge in [0, 0.05) is 12.1 Å². The summed E-state index contributed by atoms with van der Waals surface area (Å²) in [7, 11) is 1.59. The quantitative estimate of drug-likeness (QED) is 0.204. The molecule has 0 N–H and O–H groups in total. The molecule has 3 aromatic carbocycles. The Kier molecular flexibility index (Phi) is 8.86. The Morgan fingerprint density at radius 2 is 1.76 bits per heavy atom. The van der Waals surface area contributed by atoms with E-state index in [9.17, 15) is 9.59 Å². The van der Waals surface area contributed by atoms with Crippen LogP contribution in [0.4, 0.5) is 4.79 Å². The van der Waals surface area contributed by atoms with Crippen LogP contribution in [-0.4, -0.2) is 29.7 Å². The first-order valence-corrected chi connectivity index (χ1v) is 13.1. The summed E-state index contributed by atoms with van der Waals surface area (Å²) in [5.74, 6) is 0.959. The second-order valence-corrected chi connectivity index (χ2v) is 9.89. The number of hydrogen-bond acceptors (Lipinski definition) is 5. The van der Waals surface area contributed by atoms with Crippen molar-refractivity contribution < 1.29 is 19.1 Å². The van der Waals surface area contributed by atoms with Gasteiger partial charge in [-0.1, -0.05) is 66.2 Å². The fourth-order valence-corrected chi connectivity index (χ4v) is 5.02. The predicted molar refractivity (Wildman–Crippen MR) is 150 cm³/mol. The van der Waals surface area contributed by atoms with Gasteiger partial charge in [0.05, 0.1) is 12.0 Å². The summed E-state index contributed by atoms with van der Waals surface area (Å²) >= 11 is 0.975. The Balaban J connectivity index is 1.50. The Morgan fingerprint density at radius 3 is 2.46 bits per heavy atom. The van der Waals surface area contributed by atoms with E-state index < -0.39 is 0 Å². The van der Waals surface area contributed by atoms with Crippen LogP contribution in [0.2, 0.25) is 0 Å². The number of thioether (sulfide) groups is 1. The summed E-state index contributed by atoms with van der Waals surface area (Å²) in [5.41, 5.74) is 5.11. The third-order valence-corrected chi connectivity index (χ3v) is 7.01. The van der Waals surface area contributed by atoms with E-state index in [1.54, 1.807) is 19.3 Å². The zero-order valence-electron chi connectivity index (χ0n) is 21.2. The minimum atomic E-state index is -0.257. The van der Waals surface area contributed by atoms with Crippen molar-refractivity contribution in [1.82, 2.24) is 4.90 Å². The Morgan fingerprint density at radius 1 is 1.00 bits per heavy atom. The van der Waals surface area contributed by atoms with E-state index in [1.807, 2.05) is 49.4 Å². The third-order valence-electron chi connectivity index (χ3n) is 6.10. The van der Waals surface area contributed by atoms with Gasteiger partial charge >= 0.3 is 0 Å². The first kappa shape index (κ1) is 26.3. The topological polar surface area (TPSA) is 55.8 Å². The number of allylic oxidation sites excluding steroid dienone is 1. The van der Waals surface area contributed by atoms with Crippen LogP contribution in [-0.2, 0) is 24.2 Å². The monoisotopic (exact) mass is 513 g/mol. The zero-order valence-corrected chi connectivity index (χ0v) is 22.1. The maximum atomic E-state index is 13.0. The summed E-state index contributed by atoms with van der Waals surface area (Å²) in [6, 6.07) is 22.0. The van der Waals surface area contributed by atoms with Crippen LogP contribution in [0.25, 0.3) is 6.08 Å². The predicted octanol–water partition coefficient (Wildman–Crippen LogP) is 6.98. The molecular formula is C31H31NO4S. The van der Waals surface area contributed by atoms with Gasteiger partial charge in [0.2, 0.25) is 0 Å². The van der Waals surface area contributed by atoms with Crippen molar-refractivity contribution in [2.24, 2.45) is 0 Å². The van der Waals surface area contributed by atoms with Gasteiger partial charge in [0.1, 0.15) is 6.61 Å². The van der Waals surface area contributed by atoms with Crippen LogP contribution in [0.15, 0.2) is 84.3 Å². The number of aryl methyl sites for hydroxylation is 2. The molecule has 3 aromatic rings. The van der Waals surface area contributed by atoms with Crippen LogP contribution in [0.1, 0.15) is 34.2 Å². The fourth-order valence-electron chi connectivity index (χ4n) is 4.16. The van der Waals surface area contributed by atoms with Gasteiger partial charge in [-0.05, 0) is 72.8 Å². The van der Waals surface area contributed by atoms with E-state index in [4.69, 9.17) is 9.47 Å². The first-order chi connectivity index (χ1) is 18.0. The van der Waals surface area contributed by atoms with Crippen LogP contribution in [0.3, 0.4) is 0 Å². The minimum Gasteiger partial charge on any atom is -0.493 e. The van der Waals surface area contributed by atoms with Crippen LogP contribution in [0, 0.1) is 6.92 Å². The Bertz CT molecular complexity index is 1300. The number of carbonyl (C=O) groups is 2. The van der Waals surface area contributed by atoms with Crippen molar-refractivity contribution in [3.05, 3.63) is 112 Å². The van der Waals surface area contributed by atoms with Crippen molar-refractivity contribution in [3.8, 4) is 11.5 Å². The maximum absolute atomic E-state index is 13.0. The lowest BCUT2D eigenvalue weighted by Gasteiger charge is -2.16. The van der Waals surface area contributed by atoms with Gasteiger partial charge in [-0.25, -0.2) is 0 Å².